The third-order valence-corrected chi connectivity index (χ3v) is 3.55. The van der Waals surface area contributed by atoms with Gasteiger partial charge in [0, 0.05) is 12.7 Å². The standard InChI is InChI=1S/C14H18O3/c1-16-12-7-5-6-11(10-12)13(15)14(17-2)8-3-4-9-14/h5-7,10H,3-4,8-9H2,1-2H3. The third-order valence-electron chi connectivity index (χ3n) is 3.55. The maximum absolute atomic E-state index is 12.5. The van der Waals surface area contributed by atoms with Crippen molar-refractivity contribution >= 4 is 5.78 Å². The van der Waals surface area contributed by atoms with Crippen LogP contribution in [-0.4, -0.2) is 25.6 Å². The average molecular weight is 234 g/mol. The summed E-state index contributed by atoms with van der Waals surface area (Å²) in [5.74, 6) is 0.788. The number of methoxy groups -OCH3 is 2. The van der Waals surface area contributed by atoms with Gasteiger partial charge in [0.2, 0.25) is 0 Å². The molecule has 1 aromatic carbocycles. The Hall–Kier alpha value is -1.35. The van der Waals surface area contributed by atoms with E-state index in [9.17, 15) is 4.79 Å². The van der Waals surface area contributed by atoms with Gasteiger partial charge in [-0.25, -0.2) is 0 Å². The summed E-state index contributed by atoms with van der Waals surface area (Å²) in [5.41, 5.74) is 0.0694. The molecule has 1 saturated carbocycles. The number of hydrogen-bond donors (Lipinski definition) is 0. The lowest BCUT2D eigenvalue weighted by Crippen LogP contribution is -2.37. The molecule has 3 nitrogen and oxygen atoms in total. The molecule has 0 aliphatic heterocycles. The normalized spacial score (nSPS) is 18.0. The number of carbonyl (C=O) groups excluding carboxylic acids is 1. The first-order valence-electron chi connectivity index (χ1n) is 5.96. The van der Waals surface area contributed by atoms with Gasteiger partial charge in [-0.3, -0.25) is 4.79 Å². The molecule has 1 aliphatic carbocycles. The van der Waals surface area contributed by atoms with E-state index in [1.807, 2.05) is 18.2 Å². The fourth-order valence-corrected chi connectivity index (χ4v) is 2.50. The highest BCUT2D eigenvalue weighted by Crippen LogP contribution is 2.36. The van der Waals surface area contributed by atoms with Crippen LogP contribution in [0.25, 0.3) is 0 Å². The first kappa shape index (κ1) is 12.1. The van der Waals surface area contributed by atoms with E-state index in [2.05, 4.69) is 0 Å². The highest BCUT2D eigenvalue weighted by atomic mass is 16.5. The zero-order valence-electron chi connectivity index (χ0n) is 10.4. The van der Waals surface area contributed by atoms with Gasteiger partial charge in [0.25, 0.3) is 0 Å². The molecule has 0 atom stereocenters. The molecule has 0 N–H and O–H groups in total. The van der Waals surface area contributed by atoms with Crippen LogP contribution >= 0.6 is 0 Å². The second-order valence-corrected chi connectivity index (χ2v) is 4.47. The first-order chi connectivity index (χ1) is 8.22. The van der Waals surface area contributed by atoms with Crippen molar-refractivity contribution in [3.8, 4) is 5.75 Å². The number of benzene rings is 1. The van der Waals surface area contributed by atoms with E-state index in [-0.39, 0.29) is 5.78 Å². The summed E-state index contributed by atoms with van der Waals surface area (Å²) in [4.78, 5) is 12.5. The van der Waals surface area contributed by atoms with E-state index in [0.717, 1.165) is 25.7 Å². The number of Topliss-reactive ketones (excluding diaryl/α,β-unsaturated/α-hetero) is 1. The van der Waals surface area contributed by atoms with E-state index in [1.54, 1.807) is 20.3 Å². The Kier molecular flexibility index (Phi) is 3.48. The predicted molar refractivity (Wildman–Crippen MR) is 65.5 cm³/mol. The van der Waals surface area contributed by atoms with Crippen LogP contribution in [0.5, 0.6) is 5.75 Å². The molecule has 0 aromatic heterocycles. The van der Waals surface area contributed by atoms with Crippen LogP contribution in [0.2, 0.25) is 0 Å². The average Bonchev–Trinajstić information content (AvgIpc) is 2.88. The fraction of sp³-hybridized carbons (Fsp3) is 0.500. The molecule has 0 bridgehead atoms. The topological polar surface area (TPSA) is 35.5 Å². The van der Waals surface area contributed by atoms with E-state index in [1.165, 1.54) is 0 Å². The molecule has 0 spiro atoms. The Balaban J connectivity index is 2.29. The highest BCUT2D eigenvalue weighted by Gasteiger charge is 2.41. The second-order valence-electron chi connectivity index (χ2n) is 4.47. The summed E-state index contributed by atoms with van der Waals surface area (Å²) in [6.45, 7) is 0. The minimum absolute atomic E-state index is 0.0800. The first-order valence-corrected chi connectivity index (χ1v) is 5.96. The molecule has 2 rings (SSSR count). The Morgan fingerprint density at radius 3 is 2.53 bits per heavy atom. The molecule has 0 saturated heterocycles. The van der Waals surface area contributed by atoms with Crippen LogP contribution in [0.3, 0.4) is 0 Å². The van der Waals surface area contributed by atoms with Gasteiger partial charge in [-0.15, -0.1) is 0 Å². The quantitative estimate of drug-likeness (QED) is 0.751. The van der Waals surface area contributed by atoms with Crippen molar-refractivity contribution in [2.24, 2.45) is 0 Å². The summed E-state index contributed by atoms with van der Waals surface area (Å²) < 4.78 is 10.6. The van der Waals surface area contributed by atoms with Crippen molar-refractivity contribution in [3.05, 3.63) is 29.8 Å². The molecule has 0 heterocycles. The molecule has 1 aromatic rings. The summed E-state index contributed by atoms with van der Waals surface area (Å²) in [6.07, 6.45) is 3.76. The smallest absolute Gasteiger partial charge is 0.194 e. The summed E-state index contributed by atoms with van der Waals surface area (Å²) in [5, 5.41) is 0. The number of hydrogen-bond acceptors (Lipinski definition) is 3. The molecule has 17 heavy (non-hydrogen) atoms. The van der Waals surface area contributed by atoms with E-state index in [4.69, 9.17) is 9.47 Å². The Bertz CT molecular complexity index is 406. The van der Waals surface area contributed by atoms with E-state index in [0.29, 0.717) is 11.3 Å². The molecule has 1 aliphatic rings. The maximum Gasteiger partial charge on any atom is 0.194 e. The maximum atomic E-state index is 12.5. The van der Waals surface area contributed by atoms with Gasteiger partial charge >= 0.3 is 0 Å². The van der Waals surface area contributed by atoms with E-state index >= 15 is 0 Å². The number of ketones is 1. The van der Waals surface area contributed by atoms with Crippen LogP contribution in [-0.2, 0) is 4.74 Å². The Labute approximate surface area is 102 Å². The predicted octanol–water partition coefficient (Wildman–Crippen LogP) is 2.84. The lowest BCUT2D eigenvalue weighted by molar-refractivity contribution is 0.00600. The van der Waals surface area contributed by atoms with Gasteiger partial charge in [0.15, 0.2) is 5.78 Å². The molecule has 0 radical (unpaired) electrons. The van der Waals surface area contributed by atoms with Crippen LogP contribution in [0, 0.1) is 0 Å². The molecule has 3 heteroatoms. The molecule has 1 fully saturated rings. The number of ether oxygens (including phenoxy) is 2. The minimum atomic E-state index is -0.605. The summed E-state index contributed by atoms with van der Waals surface area (Å²) in [6, 6.07) is 7.28. The van der Waals surface area contributed by atoms with Gasteiger partial charge in [-0.2, -0.15) is 0 Å². The van der Waals surface area contributed by atoms with Crippen molar-refractivity contribution in [2.75, 3.05) is 14.2 Å². The van der Waals surface area contributed by atoms with Gasteiger partial charge < -0.3 is 9.47 Å². The number of rotatable bonds is 4. The van der Waals surface area contributed by atoms with Crippen molar-refractivity contribution in [2.45, 2.75) is 31.3 Å². The zero-order chi connectivity index (χ0) is 12.3. The highest BCUT2D eigenvalue weighted by molar-refractivity contribution is 6.03. The molecule has 0 unspecified atom stereocenters. The summed E-state index contributed by atoms with van der Waals surface area (Å²) in [7, 11) is 3.23. The summed E-state index contributed by atoms with van der Waals surface area (Å²) >= 11 is 0. The minimum Gasteiger partial charge on any atom is -0.497 e. The van der Waals surface area contributed by atoms with Crippen LogP contribution < -0.4 is 4.74 Å². The van der Waals surface area contributed by atoms with Crippen molar-refractivity contribution in [1.82, 2.24) is 0 Å². The van der Waals surface area contributed by atoms with Crippen LogP contribution in [0.4, 0.5) is 0 Å². The molecular formula is C14H18O3. The Morgan fingerprint density at radius 1 is 1.24 bits per heavy atom. The Morgan fingerprint density at radius 2 is 1.94 bits per heavy atom. The number of carbonyl (C=O) groups is 1. The van der Waals surface area contributed by atoms with Crippen molar-refractivity contribution in [3.63, 3.8) is 0 Å². The second kappa shape index (κ2) is 4.88. The van der Waals surface area contributed by atoms with Crippen LogP contribution in [0.15, 0.2) is 24.3 Å². The van der Waals surface area contributed by atoms with Crippen LogP contribution in [0.1, 0.15) is 36.0 Å². The van der Waals surface area contributed by atoms with Gasteiger partial charge in [-0.05, 0) is 37.8 Å². The lowest BCUT2D eigenvalue weighted by atomic mass is 9.91. The largest absolute Gasteiger partial charge is 0.497 e. The lowest BCUT2D eigenvalue weighted by Gasteiger charge is -2.25. The van der Waals surface area contributed by atoms with Gasteiger partial charge in [0.05, 0.1) is 7.11 Å². The molecular weight excluding hydrogens is 216 g/mol. The van der Waals surface area contributed by atoms with Gasteiger partial charge in [0.1, 0.15) is 11.4 Å². The zero-order valence-corrected chi connectivity index (χ0v) is 10.4. The molecule has 92 valence electrons. The molecule has 0 amide bonds. The van der Waals surface area contributed by atoms with E-state index < -0.39 is 5.60 Å². The van der Waals surface area contributed by atoms with Crippen molar-refractivity contribution in [1.29, 1.82) is 0 Å². The SMILES string of the molecule is COc1cccc(C(=O)C2(OC)CCCC2)c1. The van der Waals surface area contributed by atoms with Crippen molar-refractivity contribution < 1.29 is 14.3 Å². The monoisotopic (exact) mass is 234 g/mol. The fourth-order valence-electron chi connectivity index (χ4n) is 2.50. The third kappa shape index (κ3) is 2.20. The van der Waals surface area contributed by atoms with Gasteiger partial charge in [-0.1, -0.05) is 12.1 Å².